The molecular formula is C34H34O3. The second kappa shape index (κ2) is 8.34. The van der Waals surface area contributed by atoms with Gasteiger partial charge in [0, 0.05) is 28.3 Å². The molecule has 4 atom stereocenters. The first kappa shape index (κ1) is 22.8. The molecule has 2 saturated carbocycles. The third-order valence-electron chi connectivity index (χ3n) is 10.0. The molecular weight excluding hydrogens is 456 g/mol. The van der Waals surface area contributed by atoms with Gasteiger partial charge in [0.2, 0.25) is 0 Å². The van der Waals surface area contributed by atoms with Crippen LogP contribution >= 0.6 is 0 Å². The van der Waals surface area contributed by atoms with Crippen molar-refractivity contribution in [2.24, 2.45) is 17.3 Å². The highest BCUT2D eigenvalue weighted by atomic mass is 16.5. The molecule has 0 bridgehead atoms. The Bertz CT molecular complexity index is 1510. The molecule has 188 valence electrons. The van der Waals surface area contributed by atoms with Gasteiger partial charge in [-0.25, -0.2) is 0 Å². The summed E-state index contributed by atoms with van der Waals surface area (Å²) in [4.78, 5) is 12.9. The molecule has 1 aromatic heterocycles. The maximum absolute atomic E-state index is 12.9. The normalized spacial score (nSPS) is 26.6. The van der Waals surface area contributed by atoms with E-state index in [2.05, 4.69) is 56.3 Å². The van der Waals surface area contributed by atoms with Crippen LogP contribution in [-0.2, 0) is 11.2 Å². The Balaban J connectivity index is 1.44. The number of fused-ring (bicyclic) bond motifs is 6. The summed E-state index contributed by atoms with van der Waals surface area (Å²) in [6, 6.07) is 21.2. The maximum atomic E-state index is 12.9. The van der Waals surface area contributed by atoms with Crippen molar-refractivity contribution in [1.29, 1.82) is 0 Å². The van der Waals surface area contributed by atoms with Crippen LogP contribution in [-0.4, -0.2) is 12.9 Å². The molecule has 3 heteroatoms. The Morgan fingerprint density at radius 3 is 2.49 bits per heavy atom. The minimum Gasteiger partial charge on any atom is -0.497 e. The average molecular weight is 491 g/mol. The van der Waals surface area contributed by atoms with Gasteiger partial charge in [0.25, 0.3) is 0 Å². The first-order valence-corrected chi connectivity index (χ1v) is 13.8. The summed E-state index contributed by atoms with van der Waals surface area (Å²) in [5.41, 5.74) is 8.66. The number of rotatable bonds is 3. The number of ketones is 1. The number of furan rings is 1. The number of carbonyl (C=O) groups is 1. The summed E-state index contributed by atoms with van der Waals surface area (Å²) >= 11 is 0. The first-order valence-electron chi connectivity index (χ1n) is 13.8. The van der Waals surface area contributed by atoms with Crippen LogP contribution in [0.4, 0.5) is 0 Å². The fraction of sp³-hybridized carbons (Fsp3) is 0.382. The van der Waals surface area contributed by atoms with E-state index < -0.39 is 0 Å². The number of hydrogen-bond acceptors (Lipinski definition) is 3. The molecule has 1 heterocycles. The van der Waals surface area contributed by atoms with Gasteiger partial charge >= 0.3 is 0 Å². The lowest BCUT2D eigenvalue weighted by Crippen LogP contribution is -2.42. The summed E-state index contributed by atoms with van der Waals surface area (Å²) in [6.45, 7) is 4.58. The molecule has 0 radical (unpaired) electrons. The predicted molar refractivity (Wildman–Crippen MR) is 148 cm³/mol. The molecule has 0 aliphatic heterocycles. The van der Waals surface area contributed by atoms with Crippen LogP contribution in [0, 0.1) is 24.2 Å². The molecule has 0 saturated heterocycles. The number of ether oxygens (including phenoxy) is 1. The van der Waals surface area contributed by atoms with E-state index in [9.17, 15) is 4.79 Å². The lowest BCUT2D eigenvalue weighted by molar-refractivity contribution is -0.129. The van der Waals surface area contributed by atoms with Crippen molar-refractivity contribution in [1.82, 2.24) is 0 Å². The molecule has 37 heavy (non-hydrogen) atoms. The van der Waals surface area contributed by atoms with E-state index in [0.717, 1.165) is 60.3 Å². The second-order valence-corrected chi connectivity index (χ2v) is 11.7. The van der Waals surface area contributed by atoms with Crippen molar-refractivity contribution in [3.8, 4) is 28.2 Å². The van der Waals surface area contributed by atoms with E-state index in [4.69, 9.17) is 9.15 Å². The van der Waals surface area contributed by atoms with Gasteiger partial charge in [-0.1, -0.05) is 49.4 Å². The zero-order valence-electron chi connectivity index (χ0n) is 22.0. The van der Waals surface area contributed by atoms with Crippen molar-refractivity contribution in [2.45, 2.75) is 58.3 Å². The fourth-order valence-electron chi connectivity index (χ4n) is 8.22. The van der Waals surface area contributed by atoms with E-state index in [-0.39, 0.29) is 5.41 Å². The van der Waals surface area contributed by atoms with Crippen LogP contribution < -0.4 is 4.74 Å². The molecule has 3 nitrogen and oxygen atoms in total. The van der Waals surface area contributed by atoms with Crippen LogP contribution in [0.5, 0.6) is 5.75 Å². The highest BCUT2D eigenvalue weighted by Crippen LogP contribution is 2.60. The third kappa shape index (κ3) is 3.29. The van der Waals surface area contributed by atoms with E-state index >= 15 is 0 Å². The summed E-state index contributed by atoms with van der Waals surface area (Å²) in [6.07, 6.45) is 6.26. The van der Waals surface area contributed by atoms with Crippen LogP contribution in [0.3, 0.4) is 0 Å². The Morgan fingerprint density at radius 1 is 0.946 bits per heavy atom. The minimum atomic E-state index is -0.0962. The lowest BCUT2D eigenvalue weighted by Gasteiger charge is -2.48. The molecule has 3 aliphatic rings. The molecule has 3 aromatic carbocycles. The molecule has 4 aromatic rings. The van der Waals surface area contributed by atoms with Crippen molar-refractivity contribution in [2.75, 3.05) is 7.11 Å². The number of aryl methyl sites for hydroxylation is 2. The van der Waals surface area contributed by atoms with Gasteiger partial charge in [-0.2, -0.15) is 0 Å². The van der Waals surface area contributed by atoms with E-state index in [1.807, 2.05) is 18.2 Å². The molecule has 0 N–H and O–H groups in total. The zero-order chi connectivity index (χ0) is 25.3. The molecule has 0 amide bonds. The summed E-state index contributed by atoms with van der Waals surface area (Å²) in [5.74, 6) is 3.98. The van der Waals surface area contributed by atoms with E-state index in [1.165, 1.54) is 28.5 Å². The van der Waals surface area contributed by atoms with Gasteiger partial charge < -0.3 is 9.15 Å². The van der Waals surface area contributed by atoms with Gasteiger partial charge in [-0.05, 0) is 97.2 Å². The number of carbonyl (C=O) groups excluding carboxylic acids is 1. The average Bonchev–Trinajstić information content (AvgIpc) is 3.46. The van der Waals surface area contributed by atoms with Crippen LogP contribution in [0.15, 0.2) is 65.1 Å². The Labute approximate surface area is 218 Å². The lowest BCUT2D eigenvalue weighted by atomic mass is 9.55. The van der Waals surface area contributed by atoms with Gasteiger partial charge in [0.05, 0.1) is 7.11 Å². The fourth-order valence-corrected chi connectivity index (χ4v) is 8.22. The van der Waals surface area contributed by atoms with E-state index in [0.29, 0.717) is 23.5 Å². The molecule has 0 spiro atoms. The van der Waals surface area contributed by atoms with Crippen molar-refractivity contribution < 1.29 is 13.9 Å². The van der Waals surface area contributed by atoms with Crippen LogP contribution in [0.25, 0.3) is 33.4 Å². The Hall–Kier alpha value is -3.33. The highest BCUT2D eigenvalue weighted by Gasteiger charge is 2.54. The quantitative estimate of drug-likeness (QED) is 0.289. The molecule has 2 fully saturated rings. The topological polar surface area (TPSA) is 39.4 Å². The van der Waals surface area contributed by atoms with Gasteiger partial charge in [-0.3, -0.25) is 4.79 Å². The van der Waals surface area contributed by atoms with Crippen LogP contribution in [0.1, 0.15) is 61.6 Å². The smallest absolute Gasteiger partial charge is 0.143 e. The maximum Gasteiger partial charge on any atom is 0.143 e. The number of benzene rings is 3. The first-order chi connectivity index (χ1) is 18.0. The zero-order valence-corrected chi connectivity index (χ0v) is 22.0. The van der Waals surface area contributed by atoms with Crippen molar-refractivity contribution >= 4 is 16.8 Å². The van der Waals surface area contributed by atoms with Crippen molar-refractivity contribution in [3.05, 3.63) is 77.4 Å². The van der Waals surface area contributed by atoms with Crippen LogP contribution in [0.2, 0.25) is 0 Å². The molecule has 7 rings (SSSR count). The predicted octanol–water partition coefficient (Wildman–Crippen LogP) is 8.51. The van der Waals surface area contributed by atoms with Gasteiger partial charge in [0.1, 0.15) is 22.9 Å². The number of methoxy groups -OCH3 is 1. The Kier molecular flexibility index (Phi) is 5.15. The van der Waals surface area contributed by atoms with Gasteiger partial charge in [-0.15, -0.1) is 0 Å². The highest BCUT2D eigenvalue weighted by molar-refractivity contribution is 6.04. The van der Waals surface area contributed by atoms with Crippen molar-refractivity contribution in [3.63, 3.8) is 0 Å². The monoisotopic (exact) mass is 490 g/mol. The van der Waals surface area contributed by atoms with Gasteiger partial charge in [0.15, 0.2) is 0 Å². The minimum absolute atomic E-state index is 0.0962. The Morgan fingerprint density at radius 2 is 1.73 bits per heavy atom. The summed E-state index contributed by atoms with van der Waals surface area (Å²) in [5, 5.41) is 1.24. The standard InChI is InChI=1S/C34H34O3/c1-20-30-23(11-14-25-26(30)17-18-34(2)27(25)15-16-29(34)35)19-28-31(20)32(21-9-12-24(36-3)13-10-21)33(37-28)22-7-5-4-6-8-22/h4-10,12-13,19,25-27H,11,14-18H2,1-3H3/t25-,26-,27-,34+/m1/s1. The van der Waals surface area contributed by atoms with E-state index in [1.54, 1.807) is 12.7 Å². The number of hydrogen-bond donors (Lipinski definition) is 0. The molecule has 0 unspecified atom stereocenters. The summed E-state index contributed by atoms with van der Waals surface area (Å²) < 4.78 is 12.2. The summed E-state index contributed by atoms with van der Waals surface area (Å²) in [7, 11) is 1.71. The molecule has 3 aliphatic carbocycles. The third-order valence-corrected chi connectivity index (χ3v) is 10.0. The SMILES string of the molecule is COc1ccc(-c2c(-c3ccccc3)oc3cc4c(c(C)c23)[C@@H]2CC[C@]3(C)C(=O)CC[C@@H]3[C@@H]2CC4)cc1. The second-order valence-electron chi connectivity index (χ2n) is 11.7. The number of Topliss-reactive ketones (excluding diaryl/α,β-unsaturated/α-hetero) is 1. The largest absolute Gasteiger partial charge is 0.497 e.